The molecule has 0 spiro atoms. The summed E-state index contributed by atoms with van der Waals surface area (Å²) in [6.45, 7) is 0. The van der Waals surface area contributed by atoms with Crippen LogP contribution in [-0.4, -0.2) is 0 Å². The minimum absolute atomic E-state index is 1.31. The molecule has 0 aliphatic rings. The first kappa shape index (κ1) is 8.54. The molecule has 67 valence electrons. The third kappa shape index (κ3) is 2.44. The van der Waals surface area contributed by atoms with Gasteiger partial charge in [0, 0.05) is 0 Å². The van der Waals surface area contributed by atoms with E-state index < -0.39 is 0 Å². The van der Waals surface area contributed by atoms with Gasteiger partial charge >= 0.3 is 84.4 Å². The molecule has 0 nitrogen and oxygen atoms in total. The van der Waals surface area contributed by atoms with Gasteiger partial charge in [0.05, 0.1) is 0 Å². The van der Waals surface area contributed by atoms with Gasteiger partial charge in [0.2, 0.25) is 0 Å². The van der Waals surface area contributed by atoms with E-state index in [1.165, 1.54) is 23.7 Å². The Bertz CT molecular complexity index is 316. The molecular weight excluding hydrogens is 203 g/mol. The van der Waals surface area contributed by atoms with E-state index >= 15 is 0 Å². The van der Waals surface area contributed by atoms with Crippen LogP contribution in [0.15, 0.2) is 60.7 Å². The fourth-order valence-corrected chi connectivity index (χ4v) is 2.13. The van der Waals surface area contributed by atoms with Gasteiger partial charge in [-0.2, -0.15) is 0 Å². The molecule has 0 aromatic heterocycles. The molecule has 0 amide bonds. The van der Waals surface area contributed by atoms with Crippen molar-refractivity contribution in [3.8, 4) is 0 Å². The predicted octanol–water partition coefficient (Wildman–Crippen LogP) is 1.72. The maximum absolute atomic E-state index is 2.15. The Labute approximate surface area is 84.6 Å². The van der Waals surface area contributed by atoms with Gasteiger partial charge in [0.25, 0.3) is 0 Å². The third-order valence-corrected chi connectivity index (χ3v) is 2.92. The standard InChI is InChI=1S/2C6H5.Co/c2*1-2-4-6-5-3-1;/h2*1-5H;. The van der Waals surface area contributed by atoms with Crippen LogP contribution in [0.4, 0.5) is 0 Å². The average Bonchev–Trinajstić information content (AvgIpc) is 2.21. The molecule has 0 radical (unpaired) electrons. The van der Waals surface area contributed by atoms with E-state index in [4.69, 9.17) is 0 Å². The summed E-state index contributed by atoms with van der Waals surface area (Å²) in [5, 5.41) is 0. The summed E-state index contributed by atoms with van der Waals surface area (Å²) in [7, 11) is 0. The van der Waals surface area contributed by atoms with Crippen molar-refractivity contribution in [3.63, 3.8) is 0 Å². The van der Waals surface area contributed by atoms with Crippen molar-refractivity contribution in [1.82, 2.24) is 0 Å². The van der Waals surface area contributed by atoms with Crippen LogP contribution in [0.3, 0.4) is 0 Å². The van der Waals surface area contributed by atoms with E-state index in [0.29, 0.717) is 0 Å². The Morgan fingerprint density at radius 3 is 1.31 bits per heavy atom. The second-order valence-corrected chi connectivity index (χ2v) is 4.09. The molecule has 0 saturated carbocycles. The zero-order valence-corrected chi connectivity index (χ0v) is 8.15. The van der Waals surface area contributed by atoms with Gasteiger partial charge in [-0.05, 0) is 0 Å². The maximum atomic E-state index is 2.15. The molecule has 0 fully saturated rings. The van der Waals surface area contributed by atoms with Gasteiger partial charge < -0.3 is 0 Å². The summed E-state index contributed by atoms with van der Waals surface area (Å²) >= 11 is 1.31. The minimum atomic E-state index is 1.31. The molecule has 2 rings (SSSR count). The zero-order valence-electron chi connectivity index (χ0n) is 7.11. The van der Waals surface area contributed by atoms with Crippen molar-refractivity contribution >= 4 is 9.00 Å². The van der Waals surface area contributed by atoms with E-state index in [1.807, 2.05) is 12.1 Å². The predicted molar refractivity (Wildman–Crippen MR) is 52.2 cm³/mol. The van der Waals surface area contributed by atoms with Crippen LogP contribution in [0.2, 0.25) is 0 Å². The molecule has 2 aromatic rings. The summed E-state index contributed by atoms with van der Waals surface area (Å²) in [4.78, 5) is 0. The van der Waals surface area contributed by atoms with Crippen molar-refractivity contribution in [2.75, 3.05) is 0 Å². The van der Waals surface area contributed by atoms with E-state index in [2.05, 4.69) is 48.5 Å². The Morgan fingerprint density at radius 2 is 0.923 bits per heavy atom. The van der Waals surface area contributed by atoms with Crippen LogP contribution in [0.25, 0.3) is 0 Å². The molecule has 0 unspecified atom stereocenters. The molecule has 0 atom stereocenters. The molecule has 0 aliphatic heterocycles. The van der Waals surface area contributed by atoms with Crippen molar-refractivity contribution in [2.24, 2.45) is 0 Å². The van der Waals surface area contributed by atoms with E-state index in [-0.39, 0.29) is 0 Å². The number of hydrogen-bond acceptors (Lipinski definition) is 0. The topological polar surface area (TPSA) is 0 Å². The fraction of sp³-hybridized carbons (Fsp3) is 0. The zero-order chi connectivity index (χ0) is 8.93. The Hall–Kier alpha value is -1.05. The van der Waals surface area contributed by atoms with Crippen molar-refractivity contribution in [2.45, 2.75) is 0 Å². The van der Waals surface area contributed by atoms with Gasteiger partial charge in [-0.25, -0.2) is 0 Å². The molecule has 0 bridgehead atoms. The summed E-state index contributed by atoms with van der Waals surface area (Å²) in [5.74, 6) is 0. The molecule has 13 heavy (non-hydrogen) atoms. The Balaban J connectivity index is 2.16. The Kier molecular flexibility index (Phi) is 2.80. The molecule has 0 aliphatic carbocycles. The summed E-state index contributed by atoms with van der Waals surface area (Å²) in [6.07, 6.45) is 0. The van der Waals surface area contributed by atoms with Crippen LogP contribution < -0.4 is 9.00 Å². The quantitative estimate of drug-likeness (QED) is 0.712. The molecule has 2 aromatic carbocycles. The fourth-order valence-electron chi connectivity index (χ4n) is 1.03. The van der Waals surface area contributed by atoms with Gasteiger partial charge in [-0.15, -0.1) is 0 Å². The van der Waals surface area contributed by atoms with Crippen LogP contribution in [0.1, 0.15) is 0 Å². The van der Waals surface area contributed by atoms with E-state index in [9.17, 15) is 0 Å². The van der Waals surface area contributed by atoms with Gasteiger partial charge in [0.15, 0.2) is 0 Å². The molecule has 0 heterocycles. The molecule has 0 N–H and O–H groups in total. The molecule has 1 heteroatoms. The first-order valence-corrected chi connectivity index (χ1v) is 5.20. The normalized spacial score (nSPS) is 10.2. The van der Waals surface area contributed by atoms with Crippen LogP contribution in [0, 0.1) is 0 Å². The number of hydrogen-bond donors (Lipinski definition) is 0. The van der Waals surface area contributed by atoms with Crippen molar-refractivity contribution < 1.29 is 14.7 Å². The SMILES string of the molecule is c1cc[c]([Co][c]2ccccc2)cc1. The second kappa shape index (κ2) is 4.26. The Morgan fingerprint density at radius 1 is 0.538 bits per heavy atom. The third-order valence-electron chi connectivity index (χ3n) is 1.63. The van der Waals surface area contributed by atoms with Crippen LogP contribution >= 0.6 is 0 Å². The average molecular weight is 213 g/mol. The van der Waals surface area contributed by atoms with Crippen LogP contribution in [-0.2, 0) is 14.7 Å². The second-order valence-electron chi connectivity index (χ2n) is 2.62. The van der Waals surface area contributed by atoms with Crippen molar-refractivity contribution in [1.29, 1.82) is 0 Å². The number of rotatable bonds is 2. The summed E-state index contributed by atoms with van der Waals surface area (Å²) in [5.41, 5.74) is 0. The van der Waals surface area contributed by atoms with Crippen LogP contribution in [0.5, 0.6) is 0 Å². The first-order chi connectivity index (χ1) is 6.45. The molecular formula is C12H10Co. The summed E-state index contributed by atoms with van der Waals surface area (Å²) < 4.78 is 2.68. The first-order valence-electron chi connectivity index (χ1n) is 4.15. The summed E-state index contributed by atoms with van der Waals surface area (Å²) in [6, 6.07) is 21.0. The van der Waals surface area contributed by atoms with E-state index in [1.54, 1.807) is 0 Å². The molecule has 0 saturated heterocycles. The van der Waals surface area contributed by atoms with Crippen molar-refractivity contribution in [3.05, 3.63) is 60.7 Å². The van der Waals surface area contributed by atoms with Gasteiger partial charge in [0.1, 0.15) is 0 Å². The van der Waals surface area contributed by atoms with Gasteiger partial charge in [-0.3, -0.25) is 0 Å². The van der Waals surface area contributed by atoms with E-state index in [0.717, 1.165) is 0 Å². The monoisotopic (exact) mass is 213 g/mol. The number of benzene rings is 2. The van der Waals surface area contributed by atoms with Gasteiger partial charge in [-0.1, -0.05) is 0 Å².